The summed E-state index contributed by atoms with van der Waals surface area (Å²) in [6.45, 7) is 0. The van der Waals surface area contributed by atoms with Crippen LogP contribution in [0.4, 0.5) is 0 Å². The third-order valence-electron chi connectivity index (χ3n) is 1.33. The number of hydrogen-bond donors (Lipinski definition) is 3. The first-order chi connectivity index (χ1) is 5.42. The number of imidazole rings is 1. The fourth-order valence-corrected chi connectivity index (χ4v) is 0.850. The summed E-state index contributed by atoms with van der Waals surface area (Å²) in [5, 5.41) is 9.16. The molecule has 0 amide bonds. The van der Waals surface area contributed by atoms with Crippen molar-refractivity contribution in [3.05, 3.63) is 17.2 Å². The second kappa shape index (κ2) is 2.17. The molecule has 1 aromatic rings. The molecule has 0 aromatic carbocycles. The normalized spacial score (nSPS) is 14.1. The highest BCUT2D eigenvalue weighted by molar-refractivity contribution is 5.62. The van der Waals surface area contributed by atoms with Crippen molar-refractivity contribution in [2.75, 3.05) is 0 Å². The van der Waals surface area contributed by atoms with Crippen LogP contribution in [0.15, 0.2) is 11.3 Å². The molecule has 2 heterocycles. The van der Waals surface area contributed by atoms with Crippen LogP contribution in [-0.4, -0.2) is 21.5 Å². The smallest absolute Gasteiger partial charge is 0.322 e. The van der Waals surface area contributed by atoms with E-state index in [-0.39, 0.29) is 0 Å². The highest BCUT2D eigenvalue weighted by Gasteiger charge is 2.09. The second-order valence-corrected chi connectivity index (χ2v) is 1.94. The van der Waals surface area contributed by atoms with E-state index in [2.05, 4.69) is 20.0 Å². The van der Waals surface area contributed by atoms with Crippen molar-refractivity contribution < 1.29 is 5.21 Å². The summed E-state index contributed by atoms with van der Waals surface area (Å²) in [4.78, 5) is 14.2. The van der Waals surface area contributed by atoms with Crippen LogP contribution in [-0.2, 0) is 0 Å². The van der Waals surface area contributed by atoms with Crippen molar-refractivity contribution in [2.24, 2.45) is 4.99 Å². The molecule has 1 aliphatic rings. The zero-order chi connectivity index (χ0) is 7.68. The van der Waals surface area contributed by atoms with Crippen molar-refractivity contribution in [2.45, 2.75) is 0 Å². The van der Waals surface area contributed by atoms with Crippen molar-refractivity contribution in [3.63, 3.8) is 0 Å². The van der Waals surface area contributed by atoms with Gasteiger partial charge in [0.05, 0.1) is 0 Å². The Morgan fingerprint density at radius 2 is 2.55 bits per heavy atom. The van der Waals surface area contributed by atoms with E-state index >= 15 is 0 Å². The summed E-state index contributed by atoms with van der Waals surface area (Å²) in [5.74, 6) is 0.326. The molecule has 11 heavy (non-hydrogen) atoms. The van der Waals surface area contributed by atoms with Gasteiger partial charge in [-0.15, -0.1) is 0 Å². The van der Waals surface area contributed by atoms with Gasteiger partial charge in [-0.1, -0.05) is 15.0 Å². The number of aliphatic imine (C=N–C) groups is 1. The summed E-state index contributed by atoms with van der Waals surface area (Å²) in [6.07, 6.45) is 2.81. The molecule has 0 bridgehead atoms. The minimum Gasteiger partial charge on any atom is -0.322 e. The Bertz CT molecular complexity index is 403. The predicted octanol–water partition coefficient (Wildman–Crippen LogP) is -2.55. The molecule has 3 N–H and O–H groups in total. The first-order valence-corrected chi connectivity index (χ1v) is 2.96. The maximum atomic E-state index is 8.57. The van der Waals surface area contributed by atoms with Gasteiger partial charge in [-0.3, -0.25) is 5.21 Å². The van der Waals surface area contributed by atoms with Gasteiger partial charge in [0.2, 0.25) is 0 Å². The summed E-state index contributed by atoms with van der Waals surface area (Å²) >= 11 is 0. The van der Waals surface area contributed by atoms with Gasteiger partial charge in [-0.05, 0) is 0 Å². The second-order valence-electron chi connectivity index (χ2n) is 1.94. The Morgan fingerprint density at radius 3 is 3.36 bits per heavy atom. The Kier molecular flexibility index (Phi) is 1.19. The van der Waals surface area contributed by atoms with E-state index in [0.29, 0.717) is 16.7 Å². The van der Waals surface area contributed by atoms with Gasteiger partial charge < -0.3 is 4.98 Å². The minimum absolute atomic E-state index is 0.326. The molecule has 2 rings (SSSR count). The predicted molar refractivity (Wildman–Crippen MR) is 35.9 cm³/mol. The Hall–Kier alpha value is -1.69. The third-order valence-corrected chi connectivity index (χ3v) is 1.33. The molecular weight excluding hydrogens is 146 g/mol. The number of hydrogen-bond acceptors (Lipinski definition) is 5. The van der Waals surface area contributed by atoms with Gasteiger partial charge in [0.25, 0.3) is 12.2 Å². The summed E-state index contributed by atoms with van der Waals surface area (Å²) in [5.41, 5.74) is 2.46. The van der Waals surface area contributed by atoms with Gasteiger partial charge in [-0.25, -0.2) is 5.48 Å². The third kappa shape index (κ3) is 0.802. The number of aromatic amines is 1. The van der Waals surface area contributed by atoms with Crippen LogP contribution in [0.1, 0.15) is 0 Å². The van der Waals surface area contributed by atoms with E-state index in [1.54, 1.807) is 0 Å². The van der Waals surface area contributed by atoms with Crippen molar-refractivity contribution >= 4 is 12.2 Å². The van der Waals surface area contributed by atoms with Crippen LogP contribution in [0.5, 0.6) is 0 Å². The van der Waals surface area contributed by atoms with E-state index in [1.165, 1.54) is 12.7 Å². The quantitative estimate of drug-likeness (QED) is 0.386. The van der Waals surface area contributed by atoms with E-state index in [4.69, 9.17) is 5.21 Å². The molecule has 6 nitrogen and oxygen atoms in total. The van der Waals surface area contributed by atoms with Crippen LogP contribution in [0.3, 0.4) is 0 Å². The molecule has 1 radical (unpaired) electrons. The summed E-state index contributed by atoms with van der Waals surface area (Å²) in [6, 6.07) is 0. The maximum absolute atomic E-state index is 8.57. The molecule has 1 aromatic heterocycles. The van der Waals surface area contributed by atoms with Crippen molar-refractivity contribution in [3.8, 4) is 0 Å². The number of fused-ring (bicyclic) bond motifs is 1. The van der Waals surface area contributed by atoms with Crippen LogP contribution in [0.25, 0.3) is 5.82 Å². The Labute approximate surface area is 61.0 Å². The van der Waals surface area contributed by atoms with Crippen LogP contribution < -0.4 is 21.3 Å². The number of rotatable bonds is 1. The van der Waals surface area contributed by atoms with Crippen LogP contribution in [0, 0.1) is 0 Å². The molecular formula is C5H5N5O+. The molecule has 0 saturated carbocycles. The minimum atomic E-state index is 0.326. The first-order valence-electron chi connectivity index (χ1n) is 2.96. The summed E-state index contributed by atoms with van der Waals surface area (Å²) < 4.78 is 0. The molecule has 6 heteroatoms. The summed E-state index contributed by atoms with van der Waals surface area (Å²) in [7, 11) is 0. The molecule has 55 valence electrons. The van der Waals surface area contributed by atoms with Gasteiger partial charge in [0.1, 0.15) is 0 Å². The molecule has 0 saturated heterocycles. The van der Waals surface area contributed by atoms with Gasteiger partial charge >= 0.3 is 5.49 Å². The number of H-pyrrole nitrogens is 1. The molecule has 0 aliphatic carbocycles. The maximum Gasteiger partial charge on any atom is 0.327 e. The zero-order valence-corrected chi connectivity index (χ0v) is 5.44. The van der Waals surface area contributed by atoms with Crippen molar-refractivity contribution in [1.29, 1.82) is 0 Å². The lowest BCUT2D eigenvalue weighted by molar-refractivity contribution is 0.220. The SMILES string of the molecule is ONC1=c2[nH]cnc2=[N+]C=N1. The van der Waals surface area contributed by atoms with Crippen molar-refractivity contribution in [1.82, 2.24) is 20.4 Å². The molecule has 0 atom stereocenters. The average molecular weight is 151 g/mol. The lowest BCUT2D eigenvalue weighted by atomic mass is 10.5. The topological polar surface area (TPSA) is 87.4 Å². The lowest BCUT2D eigenvalue weighted by Crippen LogP contribution is -2.37. The van der Waals surface area contributed by atoms with Crippen LogP contribution >= 0.6 is 0 Å². The van der Waals surface area contributed by atoms with E-state index < -0.39 is 0 Å². The number of aromatic nitrogens is 2. The largest absolute Gasteiger partial charge is 0.327 e. The monoisotopic (exact) mass is 151 g/mol. The van der Waals surface area contributed by atoms with Gasteiger partial charge in [-0.2, -0.15) is 0 Å². The molecule has 0 spiro atoms. The first kappa shape index (κ1) is 6.05. The number of nitrogens with one attached hydrogen (secondary N) is 2. The number of nitrogens with zero attached hydrogens (tertiary/aromatic N) is 3. The Balaban J connectivity index is 2.84. The highest BCUT2D eigenvalue weighted by atomic mass is 16.5. The van der Waals surface area contributed by atoms with Crippen LogP contribution in [0.2, 0.25) is 0 Å². The molecule has 0 unspecified atom stereocenters. The lowest BCUT2D eigenvalue weighted by Gasteiger charge is -1.89. The standard InChI is InChI=1S/C5H5N5O/c11-10-5-3-4(7-1-6-3)8-2-9-5/h1-2,11H,(H,6,7)(H,9,10)/q+1. The average Bonchev–Trinajstić information content (AvgIpc) is 2.50. The fraction of sp³-hybridized carbons (Fsp3) is 0. The van der Waals surface area contributed by atoms with E-state index in [1.807, 2.05) is 5.48 Å². The number of hydroxylamine groups is 1. The van der Waals surface area contributed by atoms with Gasteiger partial charge in [0.15, 0.2) is 11.7 Å². The van der Waals surface area contributed by atoms with E-state index in [0.717, 1.165) is 0 Å². The molecule has 0 fully saturated rings. The van der Waals surface area contributed by atoms with Gasteiger partial charge in [0, 0.05) is 0 Å². The zero-order valence-electron chi connectivity index (χ0n) is 5.44. The highest BCUT2D eigenvalue weighted by Crippen LogP contribution is 1.82. The fourth-order valence-electron chi connectivity index (χ4n) is 0.850. The Morgan fingerprint density at radius 1 is 1.64 bits per heavy atom. The molecule has 1 aliphatic heterocycles. The van der Waals surface area contributed by atoms with E-state index in [9.17, 15) is 0 Å².